The predicted octanol–water partition coefficient (Wildman–Crippen LogP) is 4.40. The summed E-state index contributed by atoms with van der Waals surface area (Å²) in [6.45, 7) is 0.491. The van der Waals surface area contributed by atoms with Crippen LogP contribution in [0.3, 0.4) is 0 Å². The number of anilines is 1. The van der Waals surface area contributed by atoms with Gasteiger partial charge in [0, 0.05) is 39.2 Å². The number of rotatable bonds is 7. The molecule has 0 spiro atoms. The van der Waals surface area contributed by atoms with Crippen LogP contribution in [0.15, 0.2) is 65.1 Å². The van der Waals surface area contributed by atoms with Gasteiger partial charge >= 0.3 is 0 Å². The van der Waals surface area contributed by atoms with E-state index in [0.717, 1.165) is 11.3 Å². The summed E-state index contributed by atoms with van der Waals surface area (Å²) in [5, 5.41) is 2.91. The van der Waals surface area contributed by atoms with Crippen molar-refractivity contribution < 1.29 is 13.6 Å². The van der Waals surface area contributed by atoms with Crippen LogP contribution < -0.4 is 10.2 Å². The molecule has 3 aromatic rings. The Morgan fingerprint density at radius 3 is 2.48 bits per heavy atom. The summed E-state index contributed by atoms with van der Waals surface area (Å²) in [4.78, 5) is 14.1. The molecule has 0 bridgehead atoms. The first-order valence-electron chi connectivity index (χ1n) is 8.89. The topological polar surface area (TPSA) is 45.5 Å². The van der Waals surface area contributed by atoms with Crippen LogP contribution >= 0.6 is 0 Å². The summed E-state index contributed by atoms with van der Waals surface area (Å²) < 4.78 is 19.5. The van der Waals surface area contributed by atoms with Gasteiger partial charge in [-0.15, -0.1) is 0 Å². The molecule has 1 N–H and O–H groups in total. The number of hydrogen-bond donors (Lipinski definition) is 1. The molecule has 0 saturated carbocycles. The fourth-order valence-electron chi connectivity index (χ4n) is 2.76. The first-order chi connectivity index (χ1) is 13.0. The fourth-order valence-corrected chi connectivity index (χ4v) is 2.76. The summed E-state index contributed by atoms with van der Waals surface area (Å²) in [5.41, 5.74) is 2.59. The minimum atomic E-state index is -0.323. The van der Waals surface area contributed by atoms with Crippen molar-refractivity contribution in [3.63, 3.8) is 0 Å². The second kappa shape index (κ2) is 8.54. The molecular formula is C22H23FN2O2. The number of carbonyl (C=O) groups excluding carboxylic acids is 1. The molecule has 140 valence electrons. The van der Waals surface area contributed by atoms with Gasteiger partial charge in [-0.25, -0.2) is 4.39 Å². The van der Waals surface area contributed by atoms with Gasteiger partial charge in [-0.1, -0.05) is 24.3 Å². The highest BCUT2D eigenvalue weighted by molar-refractivity contribution is 5.76. The Morgan fingerprint density at radius 1 is 1.04 bits per heavy atom. The Kier molecular flexibility index (Phi) is 5.91. The van der Waals surface area contributed by atoms with Crippen LogP contribution in [0.2, 0.25) is 0 Å². The normalized spacial score (nSPS) is 10.6. The molecule has 0 saturated heterocycles. The lowest BCUT2D eigenvalue weighted by atomic mass is 10.1. The highest BCUT2D eigenvalue weighted by atomic mass is 19.1. The predicted molar refractivity (Wildman–Crippen MR) is 105 cm³/mol. The minimum absolute atomic E-state index is 0.0458. The molecule has 0 aliphatic rings. The zero-order valence-electron chi connectivity index (χ0n) is 15.5. The maximum Gasteiger partial charge on any atom is 0.220 e. The molecule has 27 heavy (non-hydrogen) atoms. The monoisotopic (exact) mass is 366 g/mol. The number of carbonyl (C=O) groups is 1. The summed E-state index contributed by atoms with van der Waals surface area (Å²) in [7, 11) is 3.98. The number of aryl methyl sites for hydroxylation is 1. The molecule has 1 heterocycles. The second-order valence-corrected chi connectivity index (χ2v) is 6.58. The molecule has 0 radical (unpaired) electrons. The largest absolute Gasteiger partial charge is 0.461 e. The van der Waals surface area contributed by atoms with Gasteiger partial charge in [0.15, 0.2) is 0 Å². The molecule has 0 unspecified atom stereocenters. The fraction of sp³-hybridized carbons (Fsp3) is 0.227. The van der Waals surface area contributed by atoms with E-state index in [1.807, 2.05) is 43.3 Å². The number of furan rings is 1. The molecule has 2 aromatic carbocycles. The van der Waals surface area contributed by atoms with Crippen LogP contribution in [-0.4, -0.2) is 20.0 Å². The molecule has 1 aromatic heterocycles. The quantitative estimate of drug-likeness (QED) is 0.674. The van der Waals surface area contributed by atoms with E-state index in [1.165, 1.54) is 6.07 Å². The SMILES string of the molecule is CN(C)c1ccc(CNC(=O)CCc2ccc(-c3ccccc3F)o2)cc1. The standard InChI is InChI=1S/C22H23FN2O2/c1-25(2)17-9-7-16(8-10-17)15-24-22(26)14-12-18-11-13-21(27-18)19-5-3-4-6-20(19)23/h3-11,13H,12,14-15H2,1-2H3,(H,24,26). The highest BCUT2D eigenvalue weighted by Crippen LogP contribution is 2.25. The maximum absolute atomic E-state index is 13.8. The van der Waals surface area contributed by atoms with Crippen LogP contribution in [0.25, 0.3) is 11.3 Å². The van der Waals surface area contributed by atoms with Crippen LogP contribution in [0.5, 0.6) is 0 Å². The highest BCUT2D eigenvalue weighted by Gasteiger charge is 2.10. The Labute approximate surface area is 158 Å². The van der Waals surface area contributed by atoms with Gasteiger partial charge in [0.2, 0.25) is 5.91 Å². The first-order valence-corrected chi connectivity index (χ1v) is 8.89. The van der Waals surface area contributed by atoms with Crippen LogP contribution in [0.4, 0.5) is 10.1 Å². The Bertz CT molecular complexity index is 901. The molecule has 3 rings (SSSR count). The van der Waals surface area contributed by atoms with E-state index in [1.54, 1.807) is 30.3 Å². The Balaban J connectivity index is 1.49. The number of benzene rings is 2. The van der Waals surface area contributed by atoms with Gasteiger partial charge in [0.25, 0.3) is 0 Å². The van der Waals surface area contributed by atoms with Crippen LogP contribution in [0.1, 0.15) is 17.7 Å². The number of amides is 1. The molecule has 1 amide bonds. The summed E-state index contributed by atoms with van der Waals surface area (Å²) >= 11 is 0. The molecule has 0 fully saturated rings. The average Bonchev–Trinajstić information content (AvgIpc) is 3.14. The Morgan fingerprint density at radius 2 is 1.78 bits per heavy atom. The van der Waals surface area contributed by atoms with E-state index in [2.05, 4.69) is 5.32 Å². The Hall–Kier alpha value is -3.08. The third kappa shape index (κ3) is 4.97. The third-order valence-electron chi connectivity index (χ3n) is 4.34. The van der Waals surface area contributed by atoms with Crippen molar-refractivity contribution in [2.24, 2.45) is 0 Å². The van der Waals surface area contributed by atoms with Gasteiger partial charge in [-0.3, -0.25) is 4.79 Å². The molecule has 0 aliphatic carbocycles. The first kappa shape index (κ1) is 18.7. The van der Waals surface area contributed by atoms with Crippen molar-refractivity contribution in [1.82, 2.24) is 5.32 Å². The summed E-state index contributed by atoms with van der Waals surface area (Å²) in [6.07, 6.45) is 0.792. The molecular weight excluding hydrogens is 343 g/mol. The van der Waals surface area contributed by atoms with Crippen molar-refractivity contribution in [3.05, 3.63) is 77.8 Å². The second-order valence-electron chi connectivity index (χ2n) is 6.58. The van der Waals surface area contributed by atoms with Crippen LogP contribution in [-0.2, 0) is 17.8 Å². The van der Waals surface area contributed by atoms with Crippen LogP contribution in [0, 0.1) is 5.82 Å². The number of nitrogens with one attached hydrogen (secondary N) is 1. The number of nitrogens with zero attached hydrogens (tertiary/aromatic N) is 1. The lowest BCUT2D eigenvalue weighted by Crippen LogP contribution is -2.23. The van der Waals surface area contributed by atoms with Gasteiger partial charge in [-0.2, -0.15) is 0 Å². The molecule has 0 aliphatic heterocycles. The summed E-state index contributed by atoms with van der Waals surface area (Å²) in [5.74, 6) is 0.773. The summed E-state index contributed by atoms with van der Waals surface area (Å²) in [6, 6.07) is 18.0. The third-order valence-corrected chi connectivity index (χ3v) is 4.34. The maximum atomic E-state index is 13.8. The molecule has 5 heteroatoms. The van der Waals surface area contributed by atoms with E-state index in [9.17, 15) is 9.18 Å². The number of hydrogen-bond acceptors (Lipinski definition) is 3. The van der Waals surface area contributed by atoms with Gasteiger partial charge < -0.3 is 14.6 Å². The molecule has 0 atom stereocenters. The zero-order chi connectivity index (χ0) is 19.2. The lowest BCUT2D eigenvalue weighted by molar-refractivity contribution is -0.121. The van der Waals surface area contributed by atoms with Gasteiger partial charge in [-0.05, 0) is 42.0 Å². The van der Waals surface area contributed by atoms with Gasteiger partial charge in [0.05, 0.1) is 5.56 Å². The van der Waals surface area contributed by atoms with Gasteiger partial charge in [0.1, 0.15) is 17.3 Å². The van der Waals surface area contributed by atoms with E-state index in [0.29, 0.717) is 36.5 Å². The average molecular weight is 366 g/mol. The molecule has 4 nitrogen and oxygen atoms in total. The zero-order valence-corrected chi connectivity index (χ0v) is 15.5. The van der Waals surface area contributed by atoms with E-state index >= 15 is 0 Å². The minimum Gasteiger partial charge on any atom is -0.461 e. The lowest BCUT2D eigenvalue weighted by Gasteiger charge is -2.12. The van der Waals surface area contributed by atoms with E-state index in [-0.39, 0.29) is 11.7 Å². The van der Waals surface area contributed by atoms with Crippen molar-refractivity contribution in [1.29, 1.82) is 0 Å². The van der Waals surface area contributed by atoms with E-state index < -0.39 is 0 Å². The van der Waals surface area contributed by atoms with Crippen molar-refractivity contribution in [2.75, 3.05) is 19.0 Å². The van der Waals surface area contributed by atoms with Crippen molar-refractivity contribution in [3.8, 4) is 11.3 Å². The van der Waals surface area contributed by atoms with Crippen molar-refractivity contribution in [2.45, 2.75) is 19.4 Å². The smallest absolute Gasteiger partial charge is 0.220 e. The number of halogens is 1. The van der Waals surface area contributed by atoms with Crippen molar-refractivity contribution >= 4 is 11.6 Å². The van der Waals surface area contributed by atoms with E-state index in [4.69, 9.17) is 4.42 Å².